The van der Waals surface area contributed by atoms with Gasteiger partial charge in [0, 0.05) is 12.0 Å². The number of carbonyl (C=O) groups excluding carboxylic acids is 1. The third kappa shape index (κ3) is 3.04. The standard InChI is InChI=1S/C19H17BrO4/c1-11-4-3-5-14-17(21)13(6-7-24-19(11)14)8-12-9-15(20)18(22)16(10-12)23-2/h3-5,8-10,22H,6-7H2,1-2H3/b13-8+. The van der Waals surface area contributed by atoms with Gasteiger partial charge in [0.15, 0.2) is 17.3 Å². The maximum atomic E-state index is 12.9. The third-order valence-corrected chi connectivity index (χ3v) is 4.58. The predicted octanol–water partition coefficient (Wildman–Crippen LogP) is 4.52. The number of hydrogen-bond donors (Lipinski definition) is 1. The van der Waals surface area contributed by atoms with Crippen molar-refractivity contribution < 1.29 is 19.4 Å². The van der Waals surface area contributed by atoms with E-state index in [1.54, 1.807) is 18.2 Å². The number of fused-ring (bicyclic) bond motifs is 1. The zero-order valence-corrected chi connectivity index (χ0v) is 15.0. The van der Waals surface area contributed by atoms with Crippen LogP contribution in [-0.4, -0.2) is 24.6 Å². The van der Waals surface area contributed by atoms with E-state index in [1.165, 1.54) is 7.11 Å². The first-order chi connectivity index (χ1) is 11.5. The van der Waals surface area contributed by atoms with E-state index < -0.39 is 0 Å². The minimum atomic E-state index is -0.0330. The summed E-state index contributed by atoms with van der Waals surface area (Å²) in [7, 11) is 1.49. The van der Waals surface area contributed by atoms with Crippen LogP contribution in [0.25, 0.3) is 6.08 Å². The van der Waals surface area contributed by atoms with Gasteiger partial charge in [-0.25, -0.2) is 0 Å². The molecule has 0 bridgehead atoms. The van der Waals surface area contributed by atoms with Crippen LogP contribution in [0.2, 0.25) is 0 Å². The monoisotopic (exact) mass is 388 g/mol. The van der Waals surface area contributed by atoms with E-state index in [4.69, 9.17) is 9.47 Å². The number of Topliss-reactive ketones (excluding diaryl/α,β-unsaturated/α-hetero) is 1. The fraction of sp³-hybridized carbons (Fsp3) is 0.211. The van der Waals surface area contributed by atoms with E-state index in [2.05, 4.69) is 15.9 Å². The Balaban J connectivity index is 2.05. The first-order valence-corrected chi connectivity index (χ1v) is 8.34. The van der Waals surface area contributed by atoms with Crippen LogP contribution in [0.5, 0.6) is 17.2 Å². The van der Waals surface area contributed by atoms with Gasteiger partial charge in [-0.05, 0) is 58.3 Å². The summed E-state index contributed by atoms with van der Waals surface area (Å²) in [5.41, 5.74) is 2.98. The van der Waals surface area contributed by atoms with Gasteiger partial charge in [-0.3, -0.25) is 4.79 Å². The quantitative estimate of drug-likeness (QED) is 0.768. The summed E-state index contributed by atoms with van der Waals surface area (Å²) >= 11 is 3.30. The Labute approximate surface area is 148 Å². The van der Waals surface area contributed by atoms with Crippen molar-refractivity contribution in [2.45, 2.75) is 13.3 Å². The number of hydrogen-bond acceptors (Lipinski definition) is 4. The SMILES string of the molecule is COc1cc(/C=C2\CCOc3c(C)cccc3C2=O)cc(Br)c1O. The summed E-state index contributed by atoms with van der Waals surface area (Å²) in [6.45, 7) is 2.38. The molecule has 2 aromatic carbocycles. The molecular formula is C19H17BrO4. The van der Waals surface area contributed by atoms with Crippen molar-refractivity contribution in [2.75, 3.05) is 13.7 Å². The minimum Gasteiger partial charge on any atom is -0.503 e. The summed E-state index contributed by atoms with van der Waals surface area (Å²) in [6.07, 6.45) is 2.34. The lowest BCUT2D eigenvalue weighted by Crippen LogP contribution is -2.02. The Morgan fingerprint density at radius 3 is 2.88 bits per heavy atom. The number of ether oxygens (including phenoxy) is 2. The van der Waals surface area contributed by atoms with Gasteiger partial charge in [-0.1, -0.05) is 12.1 Å². The lowest BCUT2D eigenvalue weighted by Gasteiger charge is -2.09. The van der Waals surface area contributed by atoms with Gasteiger partial charge >= 0.3 is 0 Å². The van der Waals surface area contributed by atoms with Gasteiger partial charge in [0.05, 0.1) is 23.8 Å². The second-order valence-electron chi connectivity index (χ2n) is 5.60. The van der Waals surface area contributed by atoms with Gasteiger partial charge in [-0.2, -0.15) is 0 Å². The molecule has 2 aromatic rings. The summed E-state index contributed by atoms with van der Waals surface area (Å²) in [4.78, 5) is 12.9. The number of phenols is 1. The number of carbonyl (C=O) groups is 1. The van der Waals surface area contributed by atoms with E-state index in [9.17, 15) is 9.90 Å². The van der Waals surface area contributed by atoms with Gasteiger partial charge in [0.2, 0.25) is 0 Å². The normalized spacial score (nSPS) is 15.6. The highest BCUT2D eigenvalue weighted by Gasteiger charge is 2.22. The molecule has 0 aromatic heterocycles. The number of ketones is 1. The summed E-state index contributed by atoms with van der Waals surface area (Å²) in [5, 5.41) is 9.91. The van der Waals surface area contributed by atoms with Crippen molar-refractivity contribution in [1.29, 1.82) is 0 Å². The van der Waals surface area contributed by atoms with Gasteiger partial charge in [0.25, 0.3) is 0 Å². The van der Waals surface area contributed by atoms with E-state index in [1.807, 2.05) is 25.1 Å². The average Bonchev–Trinajstić information content (AvgIpc) is 2.72. The Kier molecular flexibility index (Phi) is 4.62. The van der Waals surface area contributed by atoms with Gasteiger partial charge in [-0.15, -0.1) is 0 Å². The summed E-state index contributed by atoms with van der Waals surface area (Å²) < 4.78 is 11.4. The first kappa shape index (κ1) is 16.6. The molecule has 0 aliphatic carbocycles. The van der Waals surface area contributed by atoms with Crippen molar-refractivity contribution in [3.63, 3.8) is 0 Å². The number of para-hydroxylation sites is 1. The second kappa shape index (κ2) is 6.69. The maximum absolute atomic E-state index is 12.9. The Morgan fingerprint density at radius 2 is 2.12 bits per heavy atom. The van der Waals surface area contributed by atoms with Crippen LogP contribution in [0.1, 0.15) is 27.9 Å². The molecule has 124 valence electrons. The van der Waals surface area contributed by atoms with Crippen LogP contribution >= 0.6 is 15.9 Å². The number of methoxy groups -OCH3 is 1. The highest BCUT2D eigenvalue weighted by atomic mass is 79.9. The number of halogens is 1. The molecule has 0 amide bonds. The molecule has 0 saturated heterocycles. The number of benzene rings is 2. The van der Waals surface area contributed by atoms with Crippen LogP contribution in [0, 0.1) is 6.92 Å². The molecule has 0 unspecified atom stereocenters. The second-order valence-corrected chi connectivity index (χ2v) is 6.46. The average molecular weight is 389 g/mol. The van der Waals surface area contributed by atoms with Crippen LogP contribution in [0.4, 0.5) is 0 Å². The number of aromatic hydroxyl groups is 1. The zero-order valence-electron chi connectivity index (χ0n) is 13.4. The fourth-order valence-corrected chi connectivity index (χ4v) is 3.20. The highest BCUT2D eigenvalue weighted by Crippen LogP contribution is 2.37. The molecule has 5 heteroatoms. The van der Waals surface area contributed by atoms with Gasteiger partial charge < -0.3 is 14.6 Å². The van der Waals surface area contributed by atoms with E-state index >= 15 is 0 Å². The molecule has 3 rings (SSSR count). The summed E-state index contributed by atoms with van der Waals surface area (Å²) in [6, 6.07) is 9.03. The molecule has 24 heavy (non-hydrogen) atoms. The first-order valence-electron chi connectivity index (χ1n) is 7.55. The highest BCUT2D eigenvalue weighted by molar-refractivity contribution is 9.10. The molecule has 0 saturated carbocycles. The molecule has 4 nitrogen and oxygen atoms in total. The molecule has 1 aliphatic rings. The lowest BCUT2D eigenvalue weighted by molar-refractivity contribution is 0.103. The Bertz CT molecular complexity index is 840. The van der Waals surface area contributed by atoms with Crippen LogP contribution in [0.3, 0.4) is 0 Å². The van der Waals surface area contributed by atoms with Crippen LogP contribution in [0.15, 0.2) is 40.4 Å². The lowest BCUT2D eigenvalue weighted by atomic mass is 9.97. The molecule has 0 spiro atoms. The van der Waals surface area contributed by atoms with Gasteiger partial charge in [0.1, 0.15) is 5.75 Å². The summed E-state index contributed by atoms with van der Waals surface area (Å²) in [5.74, 6) is 1.02. The molecule has 1 aliphatic heterocycles. The van der Waals surface area contributed by atoms with Crippen LogP contribution < -0.4 is 9.47 Å². The Hall–Kier alpha value is -2.27. The molecule has 0 radical (unpaired) electrons. The number of phenolic OH excluding ortho intramolecular Hbond substituents is 1. The molecule has 1 N–H and O–H groups in total. The molecule has 0 atom stereocenters. The van der Waals surface area contributed by atoms with E-state index in [-0.39, 0.29) is 11.5 Å². The zero-order chi connectivity index (χ0) is 17.3. The van der Waals surface area contributed by atoms with Crippen molar-refractivity contribution in [3.8, 4) is 17.2 Å². The smallest absolute Gasteiger partial charge is 0.192 e. The topological polar surface area (TPSA) is 55.8 Å². The van der Waals surface area contributed by atoms with Crippen LogP contribution in [-0.2, 0) is 0 Å². The predicted molar refractivity (Wildman–Crippen MR) is 96.0 cm³/mol. The minimum absolute atomic E-state index is 0.0330. The largest absolute Gasteiger partial charge is 0.503 e. The Morgan fingerprint density at radius 1 is 1.33 bits per heavy atom. The fourth-order valence-electron chi connectivity index (χ4n) is 2.74. The molecule has 1 heterocycles. The van der Waals surface area contributed by atoms with E-state index in [0.717, 1.165) is 11.1 Å². The number of rotatable bonds is 2. The van der Waals surface area contributed by atoms with Crippen molar-refractivity contribution in [1.82, 2.24) is 0 Å². The van der Waals surface area contributed by atoms with E-state index in [0.29, 0.717) is 40.1 Å². The maximum Gasteiger partial charge on any atom is 0.192 e. The van der Waals surface area contributed by atoms with Crippen molar-refractivity contribution >= 4 is 27.8 Å². The third-order valence-electron chi connectivity index (χ3n) is 3.98. The van der Waals surface area contributed by atoms with Crippen molar-refractivity contribution in [3.05, 3.63) is 57.1 Å². The number of aryl methyl sites for hydroxylation is 1. The molecule has 0 fully saturated rings. The van der Waals surface area contributed by atoms with Crippen molar-refractivity contribution in [2.24, 2.45) is 0 Å². The molecular weight excluding hydrogens is 372 g/mol.